The fourth-order valence-corrected chi connectivity index (χ4v) is 4.32. The summed E-state index contributed by atoms with van der Waals surface area (Å²) in [6.45, 7) is 0.425. The second-order valence-electron chi connectivity index (χ2n) is 6.04. The molecule has 29 heavy (non-hydrogen) atoms. The number of benzene rings is 2. The van der Waals surface area contributed by atoms with Gasteiger partial charge in [-0.1, -0.05) is 28.1 Å². The lowest BCUT2D eigenvalue weighted by Crippen LogP contribution is -2.04. The average molecular weight is 582 g/mol. The first-order valence-corrected chi connectivity index (χ1v) is 10.8. The number of esters is 1. The Labute approximate surface area is 191 Å². The molecule has 0 saturated heterocycles. The molecule has 1 aliphatic heterocycles. The number of carbonyl (C=O) groups excluding carboxylic acids is 1. The normalized spacial score (nSPS) is 14.8. The van der Waals surface area contributed by atoms with Crippen LogP contribution in [0.5, 0.6) is 5.75 Å². The van der Waals surface area contributed by atoms with Crippen LogP contribution in [-0.4, -0.2) is 11.9 Å². The number of aliphatic imine (C=N–C) groups is 1. The molecule has 0 fully saturated rings. The third-order valence-corrected chi connectivity index (χ3v) is 5.68. The molecule has 5 nitrogen and oxygen atoms in total. The van der Waals surface area contributed by atoms with E-state index in [0.717, 1.165) is 24.5 Å². The van der Waals surface area contributed by atoms with Crippen molar-refractivity contribution in [3.05, 3.63) is 90.8 Å². The Balaban J connectivity index is 1.54. The van der Waals surface area contributed by atoms with Crippen LogP contribution < -0.4 is 4.74 Å². The minimum Gasteiger partial charge on any atom is -0.487 e. The predicted molar refractivity (Wildman–Crippen MR) is 120 cm³/mol. The molecule has 2 heterocycles. The molecule has 2 aromatic carbocycles. The van der Waals surface area contributed by atoms with E-state index in [2.05, 4.69) is 52.8 Å². The third kappa shape index (κ3) is 4.71. The van der Waals surface area contributed by atoms with Crippen LogP contribution >= 0.6 is 47.8 Å². The monoisotopic (exact) mass is 579 g/mol. The van der Waals surface area contributed by atoms with E-state index in [4.69, 9.17) is 13.9 Å². The quantitative estimate of drug-likeness (QED) is 0.255. The lowest BCUT2D eigenvalue weighted by atomic mass is 10.2. The minimum atomic E-state index is -0.529. The Kier molecular flexibility index (Phi) is 6.03. The molecule has 0 radical (unpaired) electrons. The highest BCUT2D eigenvalue weighted by Gasteiger charge is 2.26. The summed E-state index contributed by atoms with van der Waals surface area (Å²) in [5.74, 6) is 0.697. The van der Waals surface area contributed by atoms with Crippen LogP contribution in [-0.2, 0) is 16.1 Å². The van der Waals surface area contributed by atoms with Crippen LogP contribution in [0, 0.1) is 0 Å². The molecule has 0 aliphatic carbocycles. The summed E-state index contributed by atoms with van der Waals surface area (Å²) in [6.07, 6.45) is 3.14. The summed E-state index contributed by atoms with van der Waals surface area (Å²) in [4.78, 5) is 16.3. The van der Waals surface area contributed by atoms with Gasteiger partial charge in [-0.05, 0) is 85.5 Å². The van der Waals surface area contributed by atoms with Crippen molar-refractivity contribution >= 4 is 65.7 Å². The van der Waals surface area contributed by atoms with Gasteiger partial charge in [0.15, 0.2) is 11.5 Å². The highest BCUT2D eigenvalue weighted by molar-refractivity contribution is 9.11. The van der Waals surface area contributed by atoms with Crippen molar-refractivity contribution in [2.24, 2.45) is 4.99 Å². The van der Waals surface area contributed by atoms with Crippen LogP contribution in [0.1, 0.15) is 16.9 Å². The minimum absolute atomic E-state index is 0.152. The SMILES string of the molecule is O=C1OC(c2ccco2)=N/C1=C\c1cc(Br)c(OCc2ccc(Br)cc2)c(Br)c1. The van der Waals surface area contributed by atoms with Gasteiger partial charge in [-0.3, -0.25) is 0 Å². The van der Waals surface area contributed by atoms with Gasteiger partial charge < -0.3 is 13.9 Å². The van der Waals surface area contributed by atoms with Gasteiger partial charge in [0.05, 0.1) is 15.2 Å². The molecule has 0 spiro atoms. The van der Waals surface area contributed by atoms with E-state index in [-0.39, 0.29) is 11.6 Å². The van der Waals surface area contributed by atoms with Gasteiger partial charge in [0, 0.05) is 4.47 Å². The maximum atomic E-state index is 12.1. The molecule has 0 amide bonds. The number of nitrogens with zero attached hydrogens (tertiary/aromatic N) is 1. The highest BCUT2D eigenvalue weighted by atomic mass is 79.9. The first-order chi connectivity index (χ1) is 14.0. The molecule has 0 bridgehead atoms. The average Bonchev–Trinajstić information content (AvgIpc) is 3.33. The molecule has 1 aromatic heterocycles. The largest absolute Gasteiger partial charge is 0.487 e. The van der Waals surface area contributed by atoms with E-state index < -0.39 is 5.97 Å². The van der Waals surface area contributed by atoms with Gasteiger partial charge in [0.1, 0.15) is 12.4 Å². The fourth-order valence-electron chi connectivity index (χ4n) is 2.61. The lowest BCUT2D eigenvalue weighted by molar-refractivity contribution is -0.130. The second kappa shape index (κ2) is 8.69. The van der Waals surface area contributed by atoms with Gasteiger partial charge >= 0.3 is 5.97 Å². The van der Waals surface area contributed by atoms with Gasteiger partial charge in [-0.2, -0.15) is 0 Å². The van der Waals surface area contributed by atoms with Gasteiger partial charge in [-0.15, -0.1) is 0 Å². The third-order valence-electron chi connectivity index (χ3n) is 3.97. The zero-order chi connectivity index (χ0) is 20.4. The first-order valence-electron chi connectivity index (χ1n) is 8.42. The number of halogens is 3. The first kappa shape index (κ1) is 20.1. The van der Waals surface area contributed by atoms with E-state index in [1.807, 2.05) is 36.4 Å². The summed E-state index contributed by atoms with van der Waals surface area (Å²) in [5, 5.41) is 0. The smallest absolute Gasteiger partial charge is 0.363 e. The van der Waals surface area contributed by atoms with Crippen LogP contribution in [0.4, 0.5) is 0 Å². The maximum Gasteiger partial charge on any atom is 0.363 e. The molecular formula is C21H12Br3NO4. The van der Waals surface area contributed by atoms with Gasteiger partial charge in [0.25, 0.3) is 5.90 Å². The van der Waals surface area contributed by atoms with Crippen molar-refractivity contribution in [2.75, 3.05) is 0 Å². The number of hydrogen-bond acceptors (Lipinski definition) is 5. The van der Waals surface area contributed by atoms with Crippen LogP contribution in [0.15, 0.2) is 83.3 Å². The molecule has 0 unspecified atom stereocenters. The topological polar surface area (TPSA) is 61.0 Å². The number of hydrogen-bond donors (Lipinski definition) is 0. The van der Waals surface area contributed by atoms with Crippen molar-refractivity contribution in [1.82, 2.24) is 0 Å². The Bertz CT molecular complexity index is 1100. The Morgan fingerprint density at radius 2 is 1.76 bits per heavy atom. The second-order valence-corrected chi connectivity index (χ2v) is 8.67. The molecule has 8 heteroatoms. The molecule has 3 aromatic rings. The highest BCUT2D eigenvalue weighted by Crippen LogP contribution is 2.36. The molecule has 1 aliphatic rings. The molecular weight excluding hydrogens is 570 g/mol. The zero-order valence-electron chi connectivity index (χ0n) is 14.7. The number of furan rings is 1. The van der Waals surface area contributed by atoms with Crippen LogP contribution in [0.3, 0.4) is 0 Å². The number of ether oxygens (including phenoxy) is 2. The van der Waals surface area contributed by atoms with Crippen molar-refractivity contribution in [3.8, 4) is 5.75 Å². The predicted octanol–water partition coefficient (Wildman–Crippen LogP) is 6.49. The van der Waals surface area contributed by atoms with E-state index in [9.17, 15) is 4.79 Å². The maximum absolute atomic E-state index is 12.1. The van der Waals surface area contributed by atoms with Crippen molar-refractivity contribution in [3.63, 3.8) is 0 Å². The van der Waals surface area contributed by atoms with Crippen LogP contribution in [0.2, 0.25) is 0 Å². The van der Waals surface area contributed by atoms with Crippen LogP contribution in [0.25, 0.3) is 6.08 Å². The summed E-state index contributed by atoms with van der Waals surface area (Å²) in [6, 6.07) is 15.0. The zero-order valence-corrected chi connectivity index (χ0v) is 19.5. The Hall–Kier alpha value is -2.16. The molecule has 0 N–H and O–H groups in total. The summed E-state index contributed by atoms with van der Waals surface area (Å²) < 4.78 is 18.8. The van der Waals surface area contributed by atoms with E-state index in [1.54, 1.807) is 18.2 Å². The summed E-state index contributed by atoms with van der Waals surface area (Å²) in [7, 11) is 0. The van der Waals surface area contributed by atoms with E-state index in [1.165, 1.54) is 6.26 Å². The Morgan fingerprint density at radius 1 is 1.03 bits per heavy atom. The van der Waals surface area contributed by atoms with E-state index in [0.29, 0.717) is 18.1 Å². The molecule has 146 valence electrons. The number of rotatable bonds is 5. The fraction of sp³-hybridized carbons (Fsp3) is 0.0476. The standard InChI is InChI=1S/C21H12Br3NO4/c22-14-5-3-12(4-6-14)11-28-19-15(23)8-13(9-16(19)24)10-17-21(26)29-20(25-17)18-2-1-7-27-18/h1-10H,11H2/b17-10-. The van der Waals surface area contributed by atoms with Crippen molar-refractivity contribution in [1.29, 1.82) is 0 Å². The molecule has 0 saturated carbocycles. The Morgan fingerprint density at radius 3 is 2.41 bits per heavy atom. The summed E-state index contributed by atoms with van der Waals surface area (Å²) >= 11 is 10.5. The summed E-state index contributed by atoms with van der Waals surface area (Å²) in [5.41, 5.74) is 2.00. The van der Waals surface area contributed by atoms with Gasteiger partial charge in [0.2, 0.25) is 0 Å². The number of cyclic esters (lactones) is 1. The van der Waals surface area contributed by atoms with Crippen molar-refractivity contribution in [2.45, 2.75) is 6.61 Å². The van der Waals surface area contributed by atoms with Crippen molar-refractivity contribution < 1.29 is 18.7 Å². The molecule has 4 rings (SSSR count). The van der Waals surface area contributed by atoms with E-state index >= 15 is 0 Å². The van der Waals surface area contributed by atoms with Gasteiger partial charge in [-0.25, -0.2) is 9.79 Å². The molecule has 0 atom stereocenters. The lowest BCUT2D eigenvalue weighted by Gasteiger charge is -2.11. The number of carbonyl (C=O) groups is 1.